The molecule has 28 heavy (non-hydrogen) atoms. The maximum absolute atomic E-state index is 12.2. The highest BCUT2D eigenvalue weighted by Gasteiger charge is 2.23. The number of phenols is 2. The minimum atomic E-state index is -0.253. The van der Waals surface area contributed by atoms with Gasteiger partial charge < -0.3 is 15.5 Å². The number of carbonyl (C=O) groups is 1. The summed E-state index contributed by atoms with van der Waals surface area (Å²) < 4.78 is 0. The molecule has 1 fully saturated rings. The molecule has 3 N–H and O–H groups in total. The summed E-state index contributed by atoms with van der Waals surface area (Å²) in [6.45, 7) is 0. The van der Waals surface area contributed by atoms with E-state index in [2.05, 4.69) is 10.3 Å². The number of phenolic OH excluding ortho intramolecular Hbond substituents is 2. The Bertz CT molecular complexity index is 1090. The Labute approximate surface area is 166 Å². The summed E-state index contributed by atoms with van der Waals surface area (Å²) in [6, 6.07) is 22.3. The van der Waals surface area contributed by atoms with E-state index in [1.165, 1.54) is 23.9 Å². The summed E-state index contributed by atoms with van der Waals surface area (Å²) in [7, 11) is 0. The molecule has 1 aliphatic rings. The third-order valence-electron chi connectivity index (χ3n) is 4.15. The van der Waals surface area contributed by atoms with Crippen molar-refractivity contribution < 1.29 is 15.0 Å². The van der Waals surface area contributed by atoms with Crippen LogP contribution in [0.25, 0.3) is 17.2 Å². The molecule has 1 amide bonds. The van der Waals surface area contributed by atoms with Crippen LogP contribution < -0.4 is 5.32 Å². The molecule has 0 aliphatic carbocycles. The van der Waals surface area contributed by atoms with E-state index < -0.39 is 0 Å². The van der Waals surface area contributed by atoms with E-state index in [9.17, 15) is 15.0 Å². The van der Waals surface area contributed by atoms with Crippen molar-refractivity contribution in [3.8, 4) is 22.6 Å². The lowest BCUT2D eigenvalue weighted by molar-refractivity contribution is -0.115. The molecule has 0 atom stereocenters. The molecule has 3 aromatic rings. The molecule has 138 valence electrons. The number of hydrogen-bond acceptors (Lipinski definition) is 5. The van der Waals surface area contributed by atoms with Gasteiger partial charge in [-0.15, -0.1) is 0 Å². The van der Waals surface area contributed by atoms with Gasteiger partial charge in [0.2, 0.25) is 0 Å². The fourth-order valence-corrected chi connectivity index (χ4v) is 3.58. The highest BCUT2D eigenvalue weighted by molar-refractivity contribution is 8.18. The summed E-state index contributed by atoms with van der Waals surface area (Å²) in [5, 5.41) is 22.2. The number of carbonyl (C=O) groups excluding carboxylic acids is 1. The van der Waals surface area contributed by atoms with Gasteiger partial charge in [-0.25, -0.2) is 4.99 Å². The third-order valence-corrected chi connectivity index (χ3v) is 5.06. The first kappa shape index (κ1) is 17.9. The Hall–Kier alpha value is -3.51. The molecule has 6 heteroatoms. The molecule has 3 aromatic carbocycles. The number of nitrogens with one attached hydrogen (secondary N) is 1. The van der Waals surface area contributed by atoms with E-state index in [1.54, 1.807) is 12.1 Å². The summed E-state index contributed by atoms with van der Waals surface area (Å²) in [6.07, 6.45) is 1.64. The second kappa shape index (κ2) is 7.62. The Morgan fingerprint density at radius 3 is 2.29 bits per heavy atom. The topological polar surface area (TPSA) is 81.9 Å². The average Bonchev–Trinajstić information content (AvgIpc) is 3.05. The Morgan fingerprint density at radius 2 is 1.57 bits per heavy atom. The van der Waals surface area contributed by atoms with Crippen molar-refractivity contribution >= 4 is 34.6 Å². The van der Waals surface area contributed by atoms with Gasteiger partial charge in [-0.3, -0.25) is 4.79 Å². The highest BCUT2D eigenvalue weighted by Crippen LogP contribution is 2.31. The molecule has 1 heterocycles. The van der Waals surface area contributed by atoms with E-state index in [0.29, 0.717) is 15.6 Å². The lowest BCUT2D eigenvalue weighted by Gasteiger charge is -2.02. The molecule has 0 radical (unpaired) electrons. The van der Waals surface area contributed by atoms with E-state index >= 15 is 0 Å². The van der Waals surface area contributed by atoms with Crippen LogP contribution in [0.5, 0.6) is 11.5 Å². The van der Waals surface area contributed by atoms with Gasteiger partial charge in [-0.2, -0.15) is 0 Å². The fraction of sp³-hybridized carbons (Fsp3) is 0. The van der Waals surface area contributed by atoms with Gasteiger partial charge in [-0.1, -0.05) is 48.5 Å². The van der Waals surface area contributed by atoms with Crippen molar-refractivity contribution in [1.82, 2.24) is 5.32 Å². The molecule has 0 saturated carbocycles. The Balaban J connectivity index is 1.52. The number of benzene rings is 3. The number of hydrogen-bond donors (Lipinski definition) is 3. The number of amidine groups is 1. The van der Waals surface area contributed by atoms with E-state index in [-0.39, 0.29) is 17.4 Å². The maximum Gasteiger partial charge on any atom is 0.264 e. The molecule has 0 unspecified atom stereocenters. The Kier molecular flexibility index (Phi) is 4.87. The quantitative estimate of drug-likeness (QED) is 0.450. The van der Waals surface area contributed by atoms with Crippen LogP contribution in [0.3, 0.4) is 0 Å². The number of amides is 1. The van der Waals surface area contributed by atoms with Crippen molar-refractivity contribution in [2.24, 2.45) is 4.99 Å². The maximum atomic E-state index is 12.2. The first-order valence-electron chi connectivity index (χ1n) is 8.55. The molecule has 5 nitrogen and oxygen atoms in total. The van der Waals surface area contributed by atoms with E-state index in [1.807, 2.05) is 54.6 Å². The molecule has 0 aromatic heterocycles. The van der Waals surface area contributed by atoms with Crippen LogP contribution in [0.4, 0.5) is 5.69 Å². The first-order valence-corrected chi connectivity index (χ1v) is 9.37. The zero-order valence-corrected chi connectivity index (χ0v) is 15.5. The van der Waals surface area contributed by atoms with Crippen molar-refractivity contribution in [1.29, 1.82) is 0 Å². The zero-order chi connectivity index (χ0) is 19.5. The van der Waals surface area contributed by atoms with Crippen LogP contribution in [0, 0.1) is 0 Å². The van der Waals surface area contributed by atoms with Gasteiger partial charge in [0, 0.05) is 0 Å². The van der Waals surface area contributed by atoms with Crippen LogP contribution in [-0.2, 0) is 4.79 Å². The lowest BCUT2D eigenvalue weighted by Crippen LogP contribution is -2.19. The van der Waals surface area contributed by atoms with Crippen molar-refractivity contribution in [2.45, 2.75) is 0 Å². The molecular formula is C22H16N2O3S. The predicted octanol–water partition coefficient (Wildman–Crippen LogP) is 4.66. The van der Waals surface area contributed by atoms with Crippen LogP contribution in [0.1, 0.15) is 5.56 Å². The monoisotopic (exact) mass is 388 g/mol. The van der Waals surface area contributed by atoms with Gasteiger partial charge >= 0.3 is 0 Å². The summed E-state index contributed by atoms with van der Waals surface area (Å²) in [5.74, 6) is -0.686. The van der Waals surface area contributed by atoms with Gasteiger partial charge in [0.05, 0.1) is 10.6 Å². The first-order chi connectivity index (χ1) is 13.6. The van der Waals surface area contributed by atoms with Crippen LogP contribution in [-0.4, -0.2) is 21.3 Å². The van der Waals surface area contributed by atoms with Crippen molar-refractivity contribution in [3.05, 3.63) is 83.3 Å². The number of aromatic hydroxyl groups is 2. The zero-order valence-electron chi connectivity index (χ0n) is 14.7. The highest BCUT2D eigenvalue weighted by atomic mass is 32.2. The molecule has 0 spiro atoms. The van der Waals surface area contributed by atoms with Crippen LogP contribution >= 0.6 is 11.8 Å². The fourth-order valence-electron chi connectivity index (χ4n) is 2.74. The van der Waals surface area contributed by atoms with Gasteiger partial charge in [0.15, 0.2) is 16.7 Å². The normalized spacial score (nSPS) is 16.5. The minimum absolute atomic E-state index is 0.202. The summed E-state index contributed by atoms with van der Waals surface area (Å²) in [5.41, 5.74) is 3.58. The number of aliphatic imine (C=N–C) groups is 1. The lowest BCUT2D eigenvalue weighted by atomic mass is 10.1. The largest absolute Gasteiger partial charge is 0.504 e. The van der Waals surface area contributed by atoms with Crippen molar-refractivity contribution in [2.75, 3.05) is 0 Å². The molecule has 1 saturated heterocycles. The standard InChI is InChI=1S/C22H16N2O3S/c25-18-11-6-14(12-19(18)26)13-20-21(27)24-22(28-20)23-17-9-7-16(8-10-17)15-4-2-1-3-5-15/h1-13,25-26H,(H,23,24,27). The molecule has 1 aliphatic heterocycles. The molecule has 0 bridgehead atoms. The van der Waals surface area contributed by atoms with Crippen molar-refractivity contribution in [3.63, 3.8) is 0 Å². The number of rotatable bonds is 3. The SMILES string of the molecule is O=C1NC(=Nc2ccc(-c3ccccc3)cc2)SC1=Cc1ccc(O)c(O)c1. The van der Waals surface area contributed by atoms with Gasteiger partial charge in [0.25, 0.3) is 5.91 Å². The van der Waals surface area contributed by atoms with Gasteiger partial charge in [-0.05, 0) is 58.8 Å². The summed E-state index contributed by atoms with van der Waals surface area (Å²) >= 11 is 1.23. The number of thioether (sulfide) groups is 1. The Morgan fingerprint density at radius 1 is 0.857 bits per heavy atom. The molecule has 4 rings (SSSR count). The molecular weight excluding hydrogens is 372 g/mol. The third kappa shape index (κ3) is 3.92. The second-order valence-corrected chi connectivity index (χ2v) is 7.17. The number of nitrogens with zero attached hydrogens (tertiary/aromatic N) is 1. The van der Waals surface area contributed by atoms with E-state index in [4.69, 9.17) is 0 Å². The predicted molar refractivity (Wildman–Crippen MR) is 112 cm³/mol. The summed E-state index contributed by atoms with van der Waals surface area (Å²) in [4.78, 5) is 17.1. The second-order valence-electron chi connectivity index (χ2n) is 6.14. The smallest absolute Gasteiger partial charge is 0.264 e. The average molecular weight is 388 g/mol. The van der Waals surface area contributed by atoms with Crippen LogP contribution in [0.2, 0.25) is 0 Å². The van der Waals surface area contributed by atoms with Gasteiger partial charge in [0.1, 0.15) is 0 Å². The minimum Gasteiger partial charge on any atom is -0.504 e. The van der Waals surface area contributed by atoms with E-state index in [0.717, 1.165) is 16.8 Å². The van der Waals surface area contributed by atoms with Crippen LogP contribution in [0.15, 0.2) is 82.7 Å².